The molecule has 0 spiro atoms. The standard InChI is InChI=1S/C14H18N2O4/c1-4-6-16(9-13(18)20-5-2)14(19)11-8-15-10(3)7-12(11)17/h4,7-8H,1,5-6,9H2,2-3H3,(H,15,17). The van der Waals surface area contributed by atoms with Gasteiger partial charge in [-0.1, -0.05) is 6.08 Å². The minimum absolute atomic E-state index is 0.0123. The van der Waals surface area contributed by atoms with Crippen LogP contribution >= 0.6 is 0 Å². The van der Waals surface area contributed by atoms with Crippen LogP contribution in [0.4, 0.5) is 0 Å². The molecule has 1 aromatic heterocycles. The molecular weight excluding hydrogens is 260 g/mol. The Bertz CT molecular complexity index is 563. The van der Waals surface area contributed by atoms with Crippen LogP contribution in [0.3, 0.4) is 0 Å². The number of aromatic amines is 1. The molecule has 108 valence electrons. The number of carbonyl (C=O) groups is 2. The maximum atomic E-state index is 12.3. The van der Waals surface area contributed by atoms with E-state index in [1.807, 2.05) is 0 Å². The number of amides is 1. The molecule has 0 saturated heterocycles. The third-order valence-corrected chi connectivity index (χ3v) is 2.55. The summed E-state index contributed by atoms with van der Waals surface area (Å²) in [5, 5.41) is 0. The molecule has 20 heavy (non-hydrogen) atoms. The van der Waals surface area contributed by atoms with Gasteiger partial charge >= 0.3 is 5.97 Å². The Morgan fingerprint density at radius 2 is 2.20 bits per heavy atom. The molecule has 1 N–H and O–H groups in total. The molecule has 0 aliphatic carbocycles. The number of pyridine rings is 1. The van der Waals surface area contributed by atoms with E-state index in [2.05, 4.69) is 11.6 Å². The van der Waals surface area contributed by atoms with Gasteiger partial charge in [-0.05, 0) is 13.8 Å². The van der Waals surface area contributed by atoms with E-state index in [0.717, 1.165) is 0 Å². The molecule has 1 amide bonds. The van der Waals surface area contributed by atoms with Crippen molar-refractivity contribution in [3.63, 3.8) is 0 Å². The fourth-order valence-electron chi connectivity index (χ4n) is 1.65. The SMILES string of the molecule is C=CCN(CC(=O)OCC)C(=O)c1c[nH]c(C)cc1=O. The van der Waals surface area contributed by atoms with Gasteiger partial charge in [-0.25, -0.2) is 0 Å². The minimum Gasteiger partial charge on any atom is -0.465 e. The minimum atomic E-state index is -0.529. The zero-order valence-corrected chi connectivity index (χ0v) is 11.6. The van der Waals surface area contributed by atoms with E-state index >= 15 is 0 Å². The molecule has 0 bridgehead atoms. The highest BCUT2D eigenvalue weighted by molar-refractivity contribution is 5.95. The highest BCUT2D eigenvalue weighted by atomic mass is 16.5. The van der Waals surface area contributed by atoms with E-state index < -0.39 is 11.9 Å². The Morgan fingerprint density at radius 1 is 1.50 bits per heavy atom. The monoisotopic (exact) mass is 278 g/mol. The van der Waals surface area contributed by atoms with E-state index in [4.69, 9.17) is 4.74 Å². The normalized spacial score (nSPS) is 9.90. The van der Waals surface area contributed by atoms with Crippen LogP contribution in [0, 0.1) is 6.92 Å². The number of aryl methyl sites for hydroxylation is 1. The summed E-state index contributed by atoms with van der Waals surface area (Å²) in [6.07, 6.45) is 2.83. The number of ether oxygens (including phenoxy) is 1. The maximum absolute atomic E-state index is 12.3. The van der Waals surface area contributed by atoms with Gasteiger partial charge in [-0.2, -0.15) is 0 Å². The van der Waals surface area contributed by atoms with Gasteiger partial charge in [0.25, 0.3) is 5.91 Å². The second-order valence-electron chi connectivity index (χ2n) is 4.17. The first-order valence-corrected chi connectivity index (χ1v) is 6.24. The van der Waals surface area contributed by atoms with Crippen LogP contribution in [0.1, 0.15) is 23.0 Å². The van der Waals surface area contributed by atoms with Gasteiger partial charge in [0.05, 0.1) is 6.61 Å². The van der Waals surface area contributed by atoms with Gasteiger partial charge in [0.2, 0.25) is 0 Å². The predicted molar refractivity (Wildman–Crippen MR) is 74.5 cm³/mol. The summed E-state index contributed by atoms with van der Waals surface area (Å²) >= 11 is 0. The molecule has 0 unspecified atom stereocenters. The van der Waals surface area contributed by atoms with Gasteiger partial charge in [-0.15, -0.1) is 6.58 Å². The molecule has 0 aliphatic heterocycles. The largest absolute Gasteiger partial charge is 0.465 e. The van der Waals surface area contributed by atoms with Crippen molar-refractivity contribution in [1.82, 2.24) is 9.88 Å². The van der Waals surface area contributed by atoms with Gasteiger partial charge in [0, 0.05) is 24.5 Å². The van der Waals surface area contributed by atoms with Crippen molar-refractivity contribution in [2.45, 2.75) is 13.8 Å². The Kier molecular flexibility index (Phi) is 5.71. The third kappa shape index (κ3) is 4.08. The van der Waals surface area contributed by atoms with Crippen molar-refractivity contribution in [1.29, 1.82) is 0 Å². The van der Waals surface area contributed by atoms with E-state index in [1.54, 1.807) is 13.8 Å². The van der Waals surface area contributed by atoms with E-state index in [0.29, 0.717) is 5.69 Å². The van der Waals surface area contributed by atoms with Crippen LogP contribution in [0.25, 0.3) is 0 Å². The lowest BCUT2D eigenvalue weighted by molar-refractivity contribution is -0.143. The van der Waals surface area contributed by atoms with Crippen molar-refractivity contribution in [3.8, 4) is 0 Å². The number of nitrogens with zero attached hydrogens (tertiary/aromatic N) is 1. The highest BCUT2D eigenvalue weighted by Gasteiger charge is 2.20. The number of hydrogen-bond donors (Lipinski definition) is 1. The summed E-state index contributed by atoms with van der Waals surface area (Å²) in [5.74, 6) is -1.05. The second kappa shape index (κ2) is 7.28. The molecular formula is C14H18N2O4. The first-order chi connectivity index (χ1) is 9.49. The smallest absolute Gasteiger partial charge is 0.325 e. The lowest BCUT2D eigenvalue weighted by atomic mass is 10.2. The summed E-state index contributed by atoms with van der Waals surface area (Å²) in [6, 6.07) is 1.34. The molecule has 6 nitrogen and oxygen atoms in total. The van der Waals surface area contributed by atoms with Crippen LogP contribution in [0.15, 0.2) is 29.7 Å². The van der Waals surface area contributed by atoms with Crippen LogP contribution in [0.5, 0.6) is 0 Å². The number of H-pyrrole nitrogens is 1. The summed E-state index contributed by atoms with van der Waals surface area (Å²) in [4.78, 5) is 39.5. The average molecular weight is 278 g/mol. The van der Waals surface area contributed by atoms with Crippen molar-refractivity contribution >= 4 is 11.9 Å². The first-order valence-electron chi connectivity index (χ1n) is 6.24. The Morgan fingerprint density at radius 3 is 2.75 bits per heavy atom. The van der Waals surface area contributed by atoms with Crippen molar-refractivity contribution < 1.29 is 14.3 Å². The number of hydrogen-bond acceptors (Lipinski definition) is 4. The third-order valence-electron chi connectivity index (χ3n) is 2.55. The van der Waals surface area contributed by atoms with Crippen LogP contribution < -0.4 is 5.43 Å². The van der Waals surface area contributed by atoms with Gasteiger partial charge < -0.3 is 14.6 Å². The summed E-state index contributed by atoms with van der Waals surface area (Å²) < 4.78 is 4.80. The van der Waals surface area contributed by atoms with Crippen molar-refractivity contribution in [3.05, 3.63) is 46.4 Å². The van der Waals surface area contributed by atoms with Crippen LogP contribution in [-0.2, 0) is 9.53 Å². The molecule has 0 aliphatic rings. The van der Waals surface area contributed by atoms with E-state index in [-0.39, 0.29) is 30.7 Å². The molecule has 6 heteroatoms. The fraction of sp³-hybridized carbons (Fsp3) is 0.357. The number of esters is 1. The van der Waals surface area contributed by atoms with Gasteiger partial charge in [0.15, 0.2) is 5.43 Å². The molecule has 1 heterocycles. The summed E-state index contributed by atoms with van der Waals surface area (Å²) in [7, 11) is 0. The van der Waals surface area contributed by atoms with Gasteiger partial charge in [0.1, 0.15) is 12.1 Å². The zero-order valence-electron chi connectivity index (χ0n) is 11.6. The lowest BCUT2D eigenvalue weighted by Gasteiger charge is -2.19. The maximum Gasteiger partial charge on any atom is 0.325 e. The topological polar surface area (TPSA) is 79.5 Å². The molecule has 1 aromatic rings. The number of nitrogens with one attached hydrogen (secondary N) is 1. The van der Waals surface area contributed by atoms with E-state index in [9.17, 15) is 14.4 Å². The van der Waals surface area contributed by atoms with Crippen molar-refractivity contribution in [2.24, 2.45) is 0 Å². The molecule has 0 atom stereocenters. The number of aromatic nitrogens is 1. The average Bonchev–Trinajstić information content (AvgIpc) is 2.38. The quantitative estimate of drug-likeness (QED) is 0.618. The lowest BCUT2D eigenvalue weighted by Crippen LogP contribution is -2.38. The number of rotatable bonds is 6. The summed E-state index contributed by atoms with van der Waals surface area (Å²) in [5.41, 5.74) is 0.262. The fourth-order valence-corrected chi connectivity index (χ4v) is 1.65. The Hall–Kier alpha value is -2.37. The predicted octanol–water partition coefficient (Wildman–Crippen LogP) is 0.875. The summed E-state index contributed by atoms with van der Waals surface area (Å²) in [6.45, 7) is 7.11. The Labute approximate surface area is 117 Å². The van der Waals surface area contributed by atoms with Crippen molar-refractivity contribution in [2.75, 3.05) is 19.7 Å². The Balaban J connectivity index is 2.96. The molecule has 1 rings (SSSR count). The first kappa shape index (κ1) is 15.7. The molecule has 0 saturated carbocycles. The number of carbonyl (C=O) groups excluding carboxylic acids is 2. The molecule has 0 radical (unpaired) electrons. The molecule has 0 aromatic carbocycles. The highest BCUT2D eigenvalue weighted by Crippen LogP contribution is 2.01. The van der Waals surface area contributed by atoms with Gasteiger partial charge in [-0.3, -0.25) is 14.4 Å². The van der Waals surface area contributed by atoms with Crippen LogP contribution in [0.2, 0.25) is 0 Å². The van der Waals surface area contributed by atoms with E-state index in [1.165, 1.54) is 23.2 Å². The zero-order chi connectivity index (χ0) is 15.1. The molecule has 0 fully saturated rings. The second-order valence-corrected chi connectivity index (χ2v) is 4.17. The van der Waals surface area contributed by atoms with Crippen LogP contribution in [-0.4, -0.2) is 41.5 Å².